The Kier molecular flexibility index (Phi) is 4.84. The van der Waals surface area contributed by atoms with E-state index in [1.54, 1.807) is 41.8 Å². The molecule has 0 fully saturated rings. The van der Waals surface area contributed by atoms with Gasteiger partial charge in [-0.25, -0.2) is 5.43 Å². The highest BCUT2D eigenvalue weighted by Crippen LogP contribution is 2.12. The maximum absolute atomic E-state index is 11.9. The number of nitrogens with one attached hydrogen (secondary N) is 2. The van der Waals surface area contributed by atoms with Gasteiger partial charge in [0.05, 0.1) is 6.21 Å². The van der Waals surface area contributed by atoms with Crippen LogP contribution in [0.5, 0.6) is 0 Å². The molecule has 0 aliphatic rings. The maximum atomic E-state index is 11.9. The Labute approximate surface area is 126 Å². The molecule has 0 radical (unpaired) electrons. The van der Waals surface area contributed by atoms with E-state index in [-0.39, 0.29) is 11.8 Å². The lowest BCUT2D eigenvalue weighted by Crippen LogP contribution is -2.17. The second-order valence-electron chi connectivity index (χ2n) is 4.43. The van der Waals surface area contributed by atoms with Gasteiger partial charge in [-0.1, -0.05) is 0 Å². The summed E-state index contributed by atoms with van der Waals surface area (Å²) in [5, 5.41) is 8.55. The number of benzene rings is 1. The normalized spacial score (nSPS) is 10.6. The molecule has 108 valence electrons. The number of amides is 2. The molecular weight excluding hydrogens is 286 g/mol. The predicted octanol–water partition coefficient (Wildman–Crippen LogP) is 2.78. The molecule has 1 heterocycles. The molecular formula is C15H15N3O2S. The summed E-state index contributed by atoms with van der Waals surface area (Å²) in [4.78, 5) is 23.8. The summed E-state index contributed by atoms with van der Waals surface area (Å²) in [5.74, 6) is -0.446. The van der Waals surface area contributed by atoms with E-state index in [0.717, 1.165) is 10.4 Å². The van der Waals surface area contributed by atoms with Crippen LogP contribution >= 0.6 is 11.3 Å². The number of thiophene rings is 1. The Morgan fingerprint density at radius 1 is 1.19 bits per heavy atom. The SMILES string of the molecule is CC(=O)Nc1ccc(C(=O)NN=Cc2sccc2C)cc1. The highest BCUT2D eigenvalue weighted by Gasteiger charge is 2.04. The van der Waals surface area contributed by atoms with Gasteiger partial charge in [0.15, 0.2) is 0 Å². The molecule has 6 heteroatoms. The van der Waals surface area contributed by atoms with Gasteiger partial charge < -0.3 is 5.32 Å². The van der Waals surface area contributed by atoms with E-state index in [4.69, 9.17) is 0 Å². The lowest BCUT2D eigenvalue weighted by molar-refractivity contribution is -0.114. The fraction of sp³-hybridized carbons (Fsp3) is 0.133. The summed E-state index contributed by atoms with van der Waals surface area (Å²) in [6, 6.07) is 8.60. The van der Waals surface area contributed by atoms with Gasteiger partial charge in [-0.2, -0.15) is 5.10 Å². The first-order chi connectivity index (χ1) is 10.1. The Hall–Kier alpha value is -2.47. The van der Waals surface area contributed by atoms with Gasteiger partial charge in [0.2, 0.25) is 5.91 Å². The molecule has 0 aliphatic carbocycles. The van der Waals surface area contributed by atoms with E-state index < -0.39 is 0 Å². The second-order valence-corrected chi connectivity index (χ2v) is 5.37. The van der Waals surface area contributed by atoms with Gasteiger partial charge in [-0.05, 0) is 48.2 Å². The first-order valence-corrected chi connectivity index (χ1v) is 7.19. The Morgan fingerprint density at radius 2 is 1.90 bits per heavy atom. The largest absolute Gasteiger partial charge is 0.326 e. The Balaban J connectivity index is 1.96. The number of rotatable bonds is 4. The summed E-state index contributed by atoms with van der Waals surface area (Å²) < 4.78 is 0. The van der Waals surface area contributed by atoms with Gasteiger partial charge in [0, 0.05) is 23.1 Å². The minimum atomic E-state index is -0.296. The van der Waals surface area contributed by atoms with E-state index in [1.165, 1.54) is 6.92 Å². The summed E-state index contributed by atoms with van der Waals surface area (Å²) >= 11 is 1.56. The summed E-state index contributed by atoms with van der Waals surface area (Å²) in [7, 11) is 0. The van der Waals surface area contributed by atoms with E-state index >= 15 is 0 Å². The number of anilines is 1. The van der Waals surface area contributed by atoms with Crippen molar-refractivity contribution in [1.29, 1.82) is 0 Å². The summed E-state index contributed by atoms with van der Waals surface area (Å²) in [5.41, 5.74) is 4.72. The van der Waals surface area contributed by atoms with Gasteiger partial charge in [-0.15, -0.1) is 11.3 Å². The smallest absolute Gasteiger partial charge is 0.271 e. The van der Waals surface area contributed by atoms with Gasteiger partial charge in [-0.3, -0.25) is 9.59 Å². The van der Waals surface area contributed by atoms with Gasteiger partial charge in [0.25, 0.3) is 5.91 Å². The molecule has 2 aromatic rings. The monoisotopic (exact) mass is 301 g/mol. The molecule has 0 atom stereocenters. The number of nitrogens with zero attached hydrogens (tertiary/aromatic N) is 1. The molecule has 2 rings (SSSR count). The van der Waals surface area contributed by atoms with Crippen LogP contribution in [-0.4, -0.2) is 18.0 Å². The first kappa shape index (κ1) is 14.9. The molecule has 5 nitrogen and oxygen atoms in total. The van der Waals surface area contributed by atoms with Crippen molar-refractivity contribution < 1.29 is 9.59 Å². The van der Waals surface area contributed by atoms with Crippen LogP contribution in [0.4, 0.5) is 5.69 Å². The number of hydrazone groups is 1. The van der Waals surface area contributed by atoms with Crippen LogP contribution in [0, 0.1) is 6.92 Å². The van der Waals surface area contributed by atoms with Crippen LogP contribution in [0.1, 0.15) is 27.7 Å². The minimum absolute atomic E-state index is 0.150. The second kappa shape index (κ2) is 6.81. The van der Waals surface area contributed by atoms with Crippen LogP contribution < -0.4 is 10.7 Å². The van der Waals surface area contributed by atoms with Crippen molar-refractivity contribution in [2.45, 2.75) is 13.8 Å². The Bertz CT molecular complexity index is 674. The van der Waals surface area contributed by atoms with Gasteiger partial charge >= 0.3 is 0 Å². The molecule has 0 bridgehead atoms. The topological polar surface area (TPSA) is 70.6 Å². The maximum Gasteiger partial charge on any atom is 0.271 e. The van der Waals surface area contributed by atoms with Crippen molar-refractivity contribution >= 4 is 35.1 Å². The van der Waals surface area contributed by atoms with Crippen molar-refractivity contribution in [1.82, 2.24) is 5.43 Å². The standard InChI is InChI=1S/C15H15N3O2S/c1-10-7-8-21-14(10)9-16-18-15(20)12-3-5-13(6-4-12)17-11(2)19/h3-9H,1-2H3,(H,17,19)(H,18,20). The van der Waals surface area contributed by atoms with E-state index in [1.807, 2.05) is 18.4 Å². The Morgan fingerprint density at radius 3 is 2.48 bits per heavy atom. The van der Waals surface area contributed by atoms with E-state index in [9.17, 15) is 9.59 Å². The lowest BCUT2D eigenvalue weighted by atomic mass is 10.2. The average Bonchev–Trinajstić information content (AvgIpc) is 2.84. The van der Waals surface area contributed by atoms with Crippen LogP contribution in [0.15, 0.2) is 40.8 Å². The fourth-order valence-corrected chi connectivity index (χ4v) is 2.43. The van der Waals surface area contributed by atoms with E-state index in [2.05, 4.69) is 15.8 Å². The highest BCUT2D eigenvalue weighted by atomic mass is 32.1. The summed E-state index contributed by atoms with van der Waals surface area (Å²) in [6.07, 6.45) is 1.63. The zero-order valence-electron chi connectivity index (χ0n) is 11.7. The van der Waals surface area contributed by atoms with Crippen LogP contribution in [0.25, 0.3) is 0 Å². The van der Waals surface area contributed by atoms with E-state index in [0.29, 0.717) is 11.3 Å². The molecule has 21 heavy (non-hydrogen) atoms. The third kappa shape index (κ3) is 4.25. The summed E-state index contributed by atoms with van der Waals surface area (Å²) in [6.45, 7) is 3.42. The van der Waals surface area contributed by atoms with Crippen LogP contribution in [0.3, 0.4) is 0 Å². The third-order valence-corrected chi connectivity index (χ3v) is 3.67. The molecule has 1 aromatic heterocycles. The van der Waals surface area contributed by atoms with Crippen molar-refractivity contribution in [3.8, 4) is 0 Å². The zero-order valence-corrected chi connectivity index (χ0v) is 12.5. The molecule has 0 aliphatic heterocycles. The molecule has 2 amide bonds. The molecule has 0 unspecified atom stereocenters. The quantitative estimate of drug-likeness (QED) is 0.673. The van der Waals surface area contributed by atoms with Crippen LogP contribution in [0.2, 0.25) is 0 Å². The number of hydrogen-bond donors (Lipinski definition) is 2. The van der Waals surface area contributed by atoms with Crippen LogP contribution in [-0.2, 0) is 4.79 Å². The molecule has 0 saturated carbocycles. The highest BCUT2D eigenvalue weighted by molar-refractivity contribution is 7.11. The average molecular weight is 301 g/mol. The van der Waals surface area contributed by atoms with Crippen molar-refractivity contribution in [3.05, 3.63) is 51.7 Å². The minimum Gasteiger partial charge on any atom is -0.326 e. The molecule has 1 aromatic carbocycles. The molecule has 0 spiro atoms. The van der Waals surface area contributed by atoms with Crippen molar-refractivity contribution in [2.24, 2.45) is 5.10 Å². The molecule has 2 N–H and O–H groups in total. The lowest BCUT2D eigenvalue weighted by Gasteiger charge is -2.03. The predicted molar refractivity (Wildman–Crippen MR) is 84.9 cm³/mol. The fourth-order valence-electron chi connectivity index (χ4n) is 1.64. The zero-order chi connectivity index (χ0) is 15.2. The number of aryl methyl sites for hydroxylation is 1. The van der Waals surface area contributed by atoms with Crippen molar-refractivity contribution in [3.63, 3.8) is 0 Å². The van der Waals surface area contributed by atoms with Gasteiger partial charge in [0.1, 0.15) is 0 Å². The number of hydrogen-bond acceptors (Lipinski definition) is 4. The number of carbonyl (C=O) groups is 2. The number of carbonyl (C=O) groups excluding carboxylic acids is 2. The van der Waals surface area contributed by atoms with Crippen molar-refractivity contribution in [2.75, 3.05) is 5.32 Å². The molecule has 0 saturated heterocycles. The third-order valence-electron chi connectivity index (χ3n) is 2.72. The first-order valence-electron chi connectivity index (χ1n) is 6.31.